The minimum absolute atomic E-state index is 0.299. The van der Waals surface area contributed by atoms with Crippen LogP contribution in [0.25, 0.3) is 6.08 Å². The lowest BCUT2D eigenvalue weighted by Gasteiger charge is -2.20. The second-order valence-corrected chi connectivity index (χ2v) is 6.92. The lowest BCUT2D eigenvalue weighted by atomic mass is 9.85. The molecule has 0 radical (unpaired) electrons. The molecule has 2 rings (SSSR count). The van der Waals surface area contributed by atoms with E-state index in [2.05, 4.69) is 52.8 Å². The van der Waals surface area contributed by atoms with Gasteiger partial charge in [-0.25, -0.2) is 0 Å². The lowest BCUT2D eigenvalue weighted by Crippen LogP contribution is -2.08. The molecule has 19 heavy (non-hydrogen) atoms. The maximum absolute atomic E-state index is 2.47. The van der Waals surface area contributed by atoms with Gasteiger partial charge in [0.1, 0.15) is 0 Å². The average Bonchev–Trinajstić information content (AvgIpc) is 2.73. The van der Waals surface area contributed by atoms with Crippen LogP contribution in [-0.4, -0.2) is 0 Å². The Morgan fingerprint density at radius 1 is 1.00 bits per heavy atom. The summed E-state index contributed by atoms with van der Waals surface area (Å²) >= 11 is 0. The van der Waals surface area contributed by atoms with E-state index in [1.165, 1.54) is 36.8 Å². The fraction of sp³-hybridized carbons (Fsp3) is 0.579. The van der Waals surface area contributed by atoms with E-state index in [1.807, 2.05) is 0 Å². The van der Waals surface area contributed by atoms with Gasteiger partial charge in [0, 0.05) is 0 Å². The zero-order chi connectivity index (χ0) is 14.0. The van der Waals surface area contributed by atoms with Crippen molar-refractivity contribution in [2.45, 2.75) is 66.7 Å². The topological polar surface area (TPSA) is 0 Å². The normalized spacial score (nSPS) is 14.5. The van der Waals surface area contributed by atoms with Gasteiger partial charge in [-0.05, 0) is 46.9 Å². The standard InChI is InChI=1S/C19H28/c1-6-8-14-10-15(9-7-2)18-13-17(19(3,4)5)12-16(18)11-14/h10-11,13H,6-9,12H2,1-5H3. The Labute approximate surface area is 118 Å². The summed E-state index contributed by atoms with van der Waals surface area (Å²) in [6.45, 7) is 11.5. The van der Waals surface area contributed by atoms with Gasteiger partial charge in [-0.2, -0.15) is 0 Å². The van der Waals surface area contributed by atoms with Crippen LogP contribution in [-0.2, 0) is 19.3 Å². The highest BCUT2D eigenvalue weighted by atomic mass is 14.3. The molecule has 0 N–H and O–H groups in total. The summed E-state index contributed by atoms with van der Waals surface area (Å²) in [4.78, 5) is 0. The molecule has 0 fully saturated rings. The van der Waals surface area contributed by atoms with E-state index >= 15 is 0 Å². The van der Waals surface area contributed by atoms with Crippen molar-refractivity contribution in [3.05, 3.63) is 40.0 Å². The third-order valence-electron chi connectivity index (χ3n) is 4.13. The molecule has 0 heterocycles. The number of hydrogen-bond acceptors (Lipinski definition) is 0. The van der Waals surface area contributed by atoms with Crippen LogP contribution in [0.1, 0.15) is 69.7 Å². The van der Waals surface area contributed by atoms with Crippen LogP contribution in [0.3, 0.4) is 0 Å². The van der Waals surface area contributed by atoms with Gasteiger partial charge in [0.05, 0.1) is 0 Å². The number of rotatable bonds is 4. The number of benzene rings is 1. The monoisotopic (exact) mass is 256 g/mol. The molecular weight excluding hydrogens is 228 g/mol. The highest BCUT2D eigenvalue weighted by Gasteiger charge is 2.24. The number of allylic oxidation sites excluding steroid dienone is 1. The van der Waals surface area contributed by atoms with Gasteiger partial charge in [-0.15, -0.1) is 0 Å². The third kappa shape index (κ3) is 3.11. The lowest BCUT2D eigenvalue weighted by molar-refractivity contribution is 0.498. The first-order chi connectivity index (χ1) is 8.95. The first kappa shape index (κ1) is 14.4. The maximum atomic E-state index is 2.47. The van der Waals surface area contributed by atoms with Crippen molar-refractivity contribution in [3.8, 4) is 0 Å². The summed E-state index contributed by atoms with van der Waals surface area (Å²) in [7, 11) is 0. The van der Waals surface area contributed by atoms with Crippen molar-refractivity contribution in [1.82, 2.24) is 0 Å². The van der Waals surface area contributed by atoms with Crippen LogP contribution in [0.2, 0.25) is 0 Å². The van der Waals surface area contributed by atoms with Gasteiger partial charge in [-0.1, -0.05) is 71.2 Å². The minimum Gasteiger partial charge on any atom is -0.0651 e. The fourth-order valence-electron chi connectivity index (χ4n) is 3.00. The Morgan fingerprint density at radius 2 is 1.68 bits per heavy atom. The van der Waals surface area contributed by atoms with Gasteiger partial charge in [0.2, 0.25) is 0 Å². The first-order valence-corrected chi connectivity index (χ1v) is 7.81. The molecule has 0 aliphatic heterocycles. The molecule has 0 unspecified atom stereocenters. The van der Waals surface area contributed by atoms with Gasteiger partial charge < -0.3 is 0 Å². The molecule has 0 saturated carbocycles. The smallest absolute Gasteiger partial charge is 0.00524 e. The predicted molar refractivity (Wildman–Crippen MR) is 85.6 cm³/mol. The van der Waals surface area contributed by atoms with E-state index in [9.17, 15) is 0 Å². The Balaban J connectivity index is 2.41. The average molecular weight is 256 g/mol. The molecule has 1 aromatic rings. The van der Waals surface area contributed by atoms with E-state index in [0.717, 1.165) is 6.42 Å². The summed E-state index contributed by atoms with van der Waals surface area (Å²) in [5.74, 6) is 0. The number of aryl methyl sites for hydroxylation is 2. The van der Waals surface area contributed by atoms with E-state index in [1.54, 1.807) is 16.7 Å². The molecule has 0 bridgehead atoms. The Bertz CT molecular complexity index is 483. The van der Waals surface area contributed by atoms with Crippen LogP contribution in [0.5, 0.6) is 0 Å². The van der Waals surface area contributed by atoms with Crippen LogP contribution in [0.4, 0.5) is 0 Å². The maximum Gasteiger partial charge on any atom is -0.00524 e. The summed E-state index contributed by atoms with van der Waals surface area (Å²) in [5, 5.41) is 0. The largest absolute Gasteiger partial charge is 0.0651 e. The molecule has 0 amide bonds. The quantitative estimate of drug-likeness (QED) is 0.660. The highest BCUT2D eigenvalue weighted by Crippen LogP contribution is 2.38. The van der Waals surface area contributed by atoms with Crippen molar-refractivity contribution in [2.24, 2.45) is 5.41 Å². The molecule has 1 aliphatic carbocycles. The molecule has 104 valence electrons. The summed E-state index contributed by atoms with van der Waals surface area (Å²) in [5.41, 5.74) is 8.10. The van der Waals surface area contributed by atoms with Crippen molar-refractivity contribution in [3.63, 3.8) is 0 Å². The summed E-state index contributed by atoms with van der Waals surface area (Å²) in [6, 6.07) is 4.90. The molecule has 1 aromatic carbocycles. The van der Waals surface area contributed by atoms with E-state index < -0.39 is 0 Å². The molecule has 0 atom stereocenters. The Kier molecular flexibility index (Phi) is 4.18. The third-order valence-corrected chi connectivity index (χ3v) is 4.13. The van der Waals surface area contributed by atoms with E-state index in [4.69, 9.17) is 0 Å². The van der Waals surface area contributed by atoms with Gasteiger partial charge in [0.15, 0.2) is 0 Å². The van der Waals surface area contributed by atoms with Crippen LogP contribution in [0.15, 0.2) is 17.7 Å². The van der Waals surface area contributed by atoms with Crippen LogP contribution >= 0.6 is 0 Å². The van der Waals surface area contributed by atoms with Crippen molar-refractivity contribution >= 4 is 6.08 Å². The Morgan fingerprint density at radius 3 is 2.26 bits per heavy atom. The number of fused-ring (bicyclic) bond motifs is 1. The molecule has 0 saturated heterocycles. The zero-order valence-electron chi connectivity index (χ0n) is 13.3. The minimum atomic E-state index is 0.299. The number of hydrogen-bond donors (Lipinski definition) is 0. The molecule has 0 nitrogen and oxygen atoms in total. The predicted octanol–water partition coefficient (Wildman–Crippen LogP) is 5.58. The molecular formula is C19H28. The van der Waals surface area contributed by atoms with Gasteiger partial charge in [-0.3, -0.25) is 0 Å². The summed E-state index contributed by atoms with van der Waals surface area (Å²) in [6.07, 6.45) is 8.54. The Hall–Kier alpha value is -1.04. The van der Waals surface area contributed by atoms with E-state index in [0.29, 0.717) is 5.41 Å². The van der Waals surface area contributed by atoms with Crippen molar-refractivity contribution in [1.29, 1.82) is 0 Å². The van der Waals surface area contributed by atoms with Gasteiger partial charge in [0.25, 0.3) is 0 Å². The second-order valence-electron chi connectivity index (χ2n) is 6.92. The highest BCUT2D eigenvalue weighted by molar-refractivity contribution is 5.68. The van der Waals surface area contributed by atoms with Crippen LogP contribution in [0, 0.1) is 5.41 Å². The van der Waals surface area contributed by atoms with Crippen LogP contribution < -0.4 is 0 Å². The fourth-order valence-corrected chi connectivity index (χ4v) is 3.00. The van der Waals surface area contributed by atoms with Gasteiger partial charge >= 0.3 is 0 Å². The molecule has 0 heteroatoms. The van der Waals surface area contributed by atoms with E-state index in [-0.39, 0.29) is 0 Å². The second kappa shape index (κ2) is 5.53. The first-order valence-electron chi connectivity index (χ1n) is 7.81. The van der Waals surface area contributed by atoms with Crippen molar-refractivity contribution in [2.75, 3.05) is 0 Å². The summed E-state index contributed by atoms with van der Waals surface area (Å²) < 4.78 is 0. The molecule has 0 aromatic heterocycles. The van der Waals surface area contributed by atoms with Crippen molar-refractivity contribution < 1.29 is 0 Å². The molecule has 0 spiro atoms. The zero-order valence-corrected chi connectivity index (χ0v) is 13.3. The SMILES string of the molecule is CCCc1cc(CCC)c2c(c1)CC(C(C)(C)C)=C2. The molecule has 1 aliphatic rings.